The summed E-state index contributed by atoms with van der Waals surface area (Å²) in [6.45, 7) is 5.97. The Balaban J connectivity index is 2.56. The van der Waals surface area contributed by atoms with Crippen LogP contribution in [0.4, 0.5) is 0 Å². The van der Waals surface area contributed by atoms with Crippen molar-refractivity contribution in [1.82, 2.24) is 9.55 Å². The molecule has 0 aliphatic rings. The number of aromatic nitrogens is 2. The second-order valence-electron chi connectivity index (χ2n) is 3.45. The molecule has 0 amide bonds. The minimum absolute atomic E-state index is 0.0650. The lowest BCUT2D eigenvalue weighted by molar-refractivity contribution is 0.101. The zero-order valence-electron chi connectivity index (χ0n) is 8.60. The van der Waals surface area contributed by atoms with E-state index in [1.165, 1.54) is 0 Å². The van der Waals surface area contributed by atoms with E-state index in [9.17, 15) is 4.79 Å². The Morgan fingerprint density at radius 1 is 1.60 bits per heavy atom. The third-order valence-electron chi connectivity index (χ3n) is 2.35. The molecule has 0 aliphatic carbocycles. The zero-order chi connectivity index (χ0) is 10.8. The lowest BCUT2D eigenvalue weighted by Crippen LogP contribution is -1.94. The molecule has 0 bridgehead atoms. The third-order valence-corrected chi connectivity index (χ3v) is 2.35. The van der Waals surface area contributed by atoms with Crippen LogP contribution < -0.4 is 0 Å². The van der Waals surface area contributed by atoms with Crippen molar-refractivity contribution in [3.8, 4) is 0 Å². The van der Waals surface area contributed by atoms with Crippen LogP contribution >= 0.6 is 0 Å². The summed E-state index contributed by atoms with van der Waals surface area (Å²) in [5, 5.41) is 0. The van der Waals surface area contributed by atoms with Gasteiger partial charge in [0.2, 0.25) is 0 Å². The zero-order valence-corrected chi connectivity index (χ0v) is 8.60. The van der Waals surface area contributed by atoms with Gasteiger partial charge in [0, 0.05) is 12.1 Å². The molecule has 2 rings (SSSR count). The van der Waals surface area contributed by atoms with Crippen molar-refractivity contribution in [2.75, 3.05) is 0 Å². The molecule has 76 valence electrons. The van der Waals surface area contributed by atoms with Gasteiger partial charge in [-0.15, -0.1) is 6.58 Å². The van der Waals surface area contributed by atoms with E-state index < -0.39 is 0 Å². The molecule has 0 unspecified atom stereocenters. The van der Waals surface area contributed by atoms with Crippen molar-refractivity contribution >= 4 is 16.8 Å². The topological polar surface area (TPSA) is 34.9 Å². The second-order valence-corrected chi connectivity index (χ2v) is 3.45. The number of benzene rings is 1. The van der Waals surface area contributed by atoms with Gasteiger partial charge in [-0.05, 0) is 25.1 Å². The smallest absolute Gasteiger partial charge is 0.159 e. The predicted molar refractivity (Wildman–Crippen MR) is 59.9 cm³/mol. The molecule has 15 heavy (non-hydrogen) atoms. The first kappa shape index (κ1) is 9.65. The number of rotatable bonds is 3. The summed E-state index contributed by atoms with van der Waals surface area (Å²) < 4.78 is 1.99. The Morgan fingerprint density at radius 2 is 2.40 bits per heavy atom. The first-order valence-electron chi connectivity index (χ1n) is 4.79. The van der Waals surface area contributed by atoms with Crippen molar-refractivity contribution in [2.24, 2.45) is 0 Å². The average molecular weight is 200 g/mol. The molecule has 0 fully saturated rings. The van der Waals surface area contributed by atoms with E-state index in [0.29, 0.717) is 5.56 Å². The number of nitrogens with zero attached hydrogens (tertiary/aromatic N) is 2. The number of fused-ring (bicyclic) bond motifs is 1. The summed E-state index contributed by atoms with van der Waals surface area (Å²) in [5.74, 6) is 0.0650. The van der Waals surface area contributed by atoms with E-state index in [0.717, 1.165) is 17.6 Å². The monoisotopic (exact) mass is 200 g/mol. The molecule has 1 aromatic heterocycles. The van der Waals surface area contributed by atoms with E-state index in [-0.39, 0.29) is 5.78 Å². The van der Waals surface area contributed by atoms with Gasteiger partial charge in [-0.25, -0.2) is 4.98 Å². The predicted octanol–water partition coefficient (Wildman–Crippen LogP) is 2.42. The molecule has 0 saturated carbocycles. The Morgan fingerprint density at radius 3 is 3.07 bits per heavy atom. The summed E-state index contributed by atoms with van der Waals surface area (Å²) in [5.41, 5.74) is 2.58. The summed E-state index contributed by atoms with van der Waals surface area (Å²) >= 11 is 0. The number of allylic oxidation sites excluding steroid dienone is 1. The average Bonchev–Trinajstić information content (AvgIpc) is 2.61. The fourth-order valence-electron chi connectivity index (χ4n) is 1.57. The maximum Gasteiger partial charge on any atom is 0.159 e. The molecular formula is C12H12N2O. The molecule has 0 N–H and O–H groups in total. The summed E-state index contributed by atoms with van der Waals surface area (Å²) in [6.07, 6.45) is 3.58. The van der Waals surface area contributed by atoms with E-state index in [4.69, 9.17) is 0 Å². The largest absolute Gasteiger partial charge is 0.327 e. The highest BCUT2D eigenvalue weighted by atomic mass is 16.1. The molecule has 0 aliphatic heterocycles. The number of carbonyl (C=O) groups is 1. The maximum atomic E-state index is 11.2. The van der Waals surface area contributed by atoms with Gasteiger partial charge in [0.05, 0.1) is 17.4 Å². The van der Waals surface area contributed by atoms with E-state index in [1.807, 2.05) is 28.8 Å². The number of hydrogen-bond donors (Lipinski definition) is 0. The molecule has 0 spiro atoms. The summed E-state index contributed by atoms with van der Waals surface area (Å²) in [4.78, 5) is 15.4. The lowest BCUT2D eigenvalue weighted by atomic mass is 10.1. The maximum absolute atomic E-state index is 11.2. The van der Waals surface area contributed by atoms with Crippen molar-refractivity contribution in [3.63, 3.8) is 0 Å². The molecule has 0 radical (unpaired) electrons. The number of imidazole rings is 1. The van der Waals surface area contributed by atoms with Crippen LogP contribution in [0, 0.1) is 0 Å². The molecule has 1 heterocycles. The number of ketones is 1. The summed E-state index contributed by atoms with van der Waals surface area (Å²) in [7, 11) is 0. The molecule has 1 aromatic carbocycles. The van der Waals surface area contributed by atoms with Gasteiger partial charge in [0.25, 0.3) is 0 Å². The van der Waals surface area contributed by atoms with Crippen LogP contribution in [0.25, 0.3) is 11.0 Å². The number of hydrogen-bond acceptors (Lipinski definition) is 2. The fourth-order valence-corrected chi connectivity index (χ4v) is 1.57. The van der Waals surface area contributed by atoms with Crippen LogP contribution in [0.3, 0.4) is 0 Å². The van der Waals surface area contributed by atoms with Gasteiger partial charge in [0.15, 0.2) is 5.78 Å². The molecule has 3 nitrogen and oxygen atoms in total. The number of carbonyl (C=O) groups excluding carboxylic acids is 1. The molecular weight excluding hydrogens is 188 g/mol. The van der Waals surface area contributed by atoms with Crippen LogP contribution in [-0.4, -0.2) is 15.3 Å². The Labute approximate surface area is 88.0 Å². The Kier molecular flexibility index (Phi) is 2.37. The normalized spacial score (nSPS) is 10.5. The van der Waals surface area contributed by atoms with Crippen molar-refractivity contribution in [2.45, 2.75) is 13.5 Å². The molecule has 0 atom stereocenters. The summed E-state index contributed by atoms with van der Waals surface area (Å²) in [6, 6.07) is 5.56. The van der Waals surface area contributed by atoms with E-state index >= 15 is 0 Å². The van der Waals surface area contributed by atoms with Gasteiger partial charge >= 0.3 is 0 Å². The Hall–Kier alpha value is -1.90. The second kappa shape index (κ2) is 3.69. The number of Topliss-reactive ketones (excluding diaryl/α,β-unsaturated/α-hetero) is 1. The van der Waals surface area contributed by atoms with E-state index in [2.05, 4.69) is 11.6 Å². The highest BCUT2D eigenvalue weighted by molar-refractivity contribution is 5.97. The van der Waals surface area contributed by atoms with E-state index in [1.54, 1.807) is 13.3 Å². The van der Waals surface area contributed by atoms with Crippen LogP contribution in [0.2, 0.25) is 0 Å². The standard InChI is InChI=1S/C12H12N2O/c1-3-6-14-8-13-11-7-10(9(2)15)4-5-12(11)14/h3-5,7-8H,1,6H2,2H3. The van der Waals surface area contributed by atoms with Gasteiger partial charge in [-0.1, -0.05) is 6.08 Å². The van der Waals surface area contributed by atoms with Crippen LogP contribution in [0.5, 0.6) is 0 Å². The van der Waals surface area contributed by atoms with Crippen LogP contribution in [0.1, 0.15) is 17.3 Å². The minimum atomic E-state index is 0.0650. The first-order chi connectivity index (χ1) is 7.22. The first-order valence-corrected chi connectivity index (χ1v) is 4.79. The van der Waals surface area contributed by atoms with Crippen molar-refractivity contribution in [1.29, 1.82) is 0 Å². The highest BCUT2D eigenvalue weighted by Gasteiger charge is 2.04. The highest BCUT2D eigenvalue weighted by Crippen LogP contribution is 2.15. The van der Waals surface area contributed by atoms with Gasteiger partial charge in [-0.3, -0.25) is 4.79 Å². The van der Waals surface area contributed by atoms with Gasteiger partial charge in [0.1, 0.15) is 0 Å². The fraction of sp³-hybridized carbons (Fsp3) is 0.167. The van der Waals surface area contributed by atoms with Crippen LogP contribution in [-0.2, 0) is 6.54 Å². The molecule has 3 heteroatoms. The molecule has 2 aromatic rings. The van der Waals surface area contributed by atoms with Crippen molar-refractivity contribution in [3.05, 3.63) is 42.7 Å². The quantitative estimate of drug-likeness (QED) is 0.563. The van der Waals surface area contributed by atoms with Gasteiger partial charge < -0.3 is 4.57 Å². The minimum Gasteiger partial charge on any atom is -0.327 e. The molecule has 0 saturated heterocycles. The van der Waals surface area contributed by atoms with Crippen LogP contribution in [0.15, 0.2) is 37.2 Å². The SMILES string of the molecule is C=CCn1cnc2cc(C(C)=O)ccc21. The van der Waals surface area contributed by atoms with Crippen molar-refractivity contribution < 1.29 is 4.79 Å². The third kappa shape index (κ3) is 1.68. The Bertz CT molecular complexity index is 525. The lowest BCUT2D eigenvalue weighted by Gasteiger charge is -1.99. The van der Waals surface area contributed by atoms with Gasteiger partial charge in [-0.2, -0.15) is 0 Å².